The van der Waals surface area contributed by atoms with Crippen molar-refractivity contribution in [3.8, 4) is 17.0 Å². The predicted octanol–water partition coefficient (Wildman–Crippen LogP) is 5.12. The van der Waals surface area contributed by atoms with Crippen LogP contribution in [0.4, 0.5) is 23.2 Å². The van der Waals surface area contributed by atoms with Crippen LogP contribution in [0.2, 0.25) is 0 Å². The van der Waals surface area contributed by atoms with Crippen LogP contribution in [-0.2, 0) is 23.8 Å². The van der Waals surface area contributed by atoms with Crippen LogP contribution in [0.15, 0.2) is 73.4 Å². The molecule has 0 aliphatic heterocycles. The lowest BCUT2D eigenvalue weighted by Crippen LogP contribution is -2.17. The van der Waals surface area contributed by atoms with E-state index in [1.165, 1.54) is 12.1 Å². The number of methoxy groups -OCH3 is 1. The van der Waals surface area contributed by atoms with Crippen LogP contribution in [0.5, 0.6) is 5.88 Å². The molecule has 0 aliphatic rings. The summed E-state index contributed by atoms with van der Waals surface area (Å²) in [7, 11) is 1.06. The Kier molecular flexibility index (Phi) is 6.92. The molecular weight excluding hydrogens is 516 g/mol. The summed E-state index contributed by atoms with van der Waals surface area (Å²) in [4.78, 5) is 24.8. The van der Waals surface area contributed by atoms with Crippen molar-refractivity contribution in [2.75, 3.05) is 12.4 Å². The van der Waals surface area contributed by atoms with Crippen LogP contribution in [-0.4, -0.2) is 37.6 Å². The molecule has 5 rings (SSSR count). The number of halogens is 4. The molecule has 0 saturated carbocycles. The van der Waals surface area contributed by atoms with Gasteiger partial charge in [-0.15, -0.1) is 0 Å². The molecule has 0 aliphatic carbocycles. The van der Waals surface area contributed by atoms with Gasteiger partial charge in [0.15, 0.2) is 0 Å². The smallest absolute Gasteiger partial charge is 0.421 e. The minimum atomic E-state index is -4.73. The lowest BCUT2D eigenvalue weighted by Gasteiger charge is -2.13. The van der Waals surface area contributed by atoms with Gasteiger partial charge in [0.25, 0.3) is 0 Å². The van der Waals surface area contributed by atoms with Gasteiger partial charge in [-0.2, -0.15) is 18.3 Å². The maximum absolute atomic E-state index is 14.8. The minimum absolute atomic E-state index is 0.0689. The molecule has 0 fully saturated rings. The van der Waals surface area contributed by atoms with Gasteiger partial charge in [-0.3, -0.25) is 4.79 Å². The van der Waals surface area contributed by atoms with Gasteiger partial charge < -0.3 is 10.1 Å². The molecule has 198 valence electrons. The number of carbonyl (C=O) groups is 1. The molecule has 0 unspecified atom stereocenters. The fourth-order valence-electron chi connectivity index (χ4n) is 4.02. The fourth-order valence-corrected chi connectivity index (χ4v) is 4.02. The van der Waals surface area contributed by atoms with Gasteiger partial charge in [-0.1, -0.05) is 18.2 Å². The predicted molar refractivity (Wildman–Crippen MR) is 134 cm³/mol. The Morgan fingerprint density at radius 3 is 2.49 bits per heavy atom. The highest BCUT2D eigenvalue weighted by molar-refractivity contribution is 5.92. The quantitative estimate of drug-likeness (QED) is 0.290. The highest BCUT2D eigenvalue weighted by Crippen LogP contribution is 2.36. The number of rotatable bonds is 7. The monoisotopic (exact) mass is 536 g/mol. The van der Waals surface area contributed by atoms with Crippen LogP contribution in [0, 0.1) is 5.82 Å². The maximum Gasteiger partial charge on any atom is 0.421 e. The number of nitrogens with zero attached hydrogens (tertiary/aromatic N) is 5. The van der Waals surface area contributed by atoms with Gasteiger partial charge in [-0.25, -0.2) is 23.9 Å². The van der Waals surface area contributed by atoms with Gasteiger partial charge in [0.2, 0.25) is 11.8 Å². The first-order valence-corrected chi connectivity index (χ1v) is 11.6. The number of anilines is 1. The third-order valence-electron chi connectivity index (χ3n) is 5.93. The van der Waals surface area contributed by atoms with E-state index in [1.807, 2.05) is 24.4 Å². The number of fused-ring (bicyclic) bond motifs is 1. The first-order chi connectivity index (χ1) is 18.7. The SMILES string of the molecule is COc1ncc(NC(=O)Cc2ccc(-c3cnc(Cc4cnn5ccccc45)nc3)cc2F)cc1C(F)(F)F. The van der Waals surface area contributed by atoms with Crippen molar-refractivity contribution in [2.45, 2.75) is 19.0 Å². The number of hydrogen-bond acceptors (Lipinski definition) is 6. The third-order valence-corrected chi connectivity index (χ3v) is 5.93. The van der Waals surface area contributed by atoms with Crippen LogP contribution in [0.1, 0.15) is 22.5 Å². The molecule has 0 bridgehead atoms. The Hall–Kier alpha value is -4.87. The average Bonchev–Trinajstić information content (AvgIpc) is 3.32. The zero-order valence-electron chi connectivity index (χ0n) is 20.4. The molecule has 12 heteroatoms. The number of pyridine rings is 2. The molecule has 4 aromatic heterocycles. The number of nitrogens with one attached hydrogen (secondary N) is 1. The lowest BCUT2D eigenvalue weighted by atomic mass is 10.0. The van der Waals surface area contributed by atoms with Crippen LogP contribution >= 0.6 is 0 Å². The molecule has 39 heavy (non-hydrogen) atoms. The first-order valence-electron chi connectivity index (χ1n) is 11.6. The number of aromatic nitrogens is 5. The van der Waals surface area contributed by atoms with Crippen molar-refractivity contribution in [2.24, 2.45) is 0 Å². The highest BCUT2D eigenvalue weighted by Gasteiger charge is 2.35. The Morgan fingerprint density at radius 2 is 1.77 bits per heavy atom. The molecule has 0 atom stereocenters. The highest BCUT2D eigenvalue weighted by atomic mass is 19.4. The second-order valence-electron chi connectivity index (χ2n) is 8.57. The summed E-state index contributed by atoms with van der Waals surface area (Å²) < 4.78 is 60.8. The molecule has 4 heterocycles. The summed E-state index contributed by atoms with van der Waals surface area (Å²) in [5.41, 5.74) is 1.76. The summed E-state index contributed by atoms with van der Waals surface area (Å²) in [6, 6.07) is 10.8. The van der Waals surface area contributed by atoms with Gasteiger partial charge in [0, 0.05) is 36.1 Å². The molecule has 1 aromatic carbocycles. The standard InChI is InChI=1S/C27H20F4N6O2/c1-39-26-21(27(29,30)31)11-20(15-34-26)36-25(38)10-17-6-5-16(8-22(17)28)19-12-32-24(33-13-19)9-18-14-35-37-7-3-2-4-23(18)37/h2-8,11-15H,9-10H2,1H3,(H,36,38). The molecular formula is C27H20F4N6O2. The van der Waals surface area contributed by atoms with Gasteiger partial charge in [0.1, 0.15) is 17.2 Å². The number of alkyl halides is 3. The zero-order valence-corrected chi connectivity index (χ0v) is 20.4. The van der Waals surface area contributed by atoms with Crippen LogP contribution in [0.3, 0.4) is 0 Å². The van der Waals surface area contributed by atoms with E-state index in [9.17, 15) is 22.4 Å². The van der Waals surface area contributed by atoms with Crippen molar-refractivity contribution in [3.63, 3.8) is 0 Å². The Morgan fingerprint density at radius 1 is 0.974 bits per heavy atom. The van der Waals surface area contributed by atoms with Crippen molar-refractivity contribution in [1.29, 1.82) is 0 Å². The average molecular weight is 536 g/mol. The second-order valence-corrected chi connectivity index (χ2v) is 8.57. The van der Waals surface area contributed by atoms with Crippen LogP contribution < -0.4 is 10.1 Å². The van der Waals surface area contributed by atoms with E-state index in [0.29, 0.717) is 29.4 Å². The van der Waals surface area contributed by atoms with Gasteiger partial charge in [-0.05, 0) is 35.4 Å². The number of hydrogen-bond donors (Lipinski definition) is 1. The van der Waals surface area contributed by atoms with Crippen LogP contribution in [0.25, 0.3) is 16.6 Å². The lowest BCUT2D eigenvalue weighted by molar-refractivity contribution is -0.139. The van der Waals surface area contributed by atoms with E-state index in [2.05, 4.69) is 30.1 Å². The van der Waals surface area contributed by atoms with E-state index >= 15 is 0 Å². The third kappa shape index (κ3) is 5.69. The second kappa shape index (κ2) is 10.5. The molecule has 0 spiro atoms. The van der Waals surface area contributed by atoms with Crippen molar-refractivity contribution in [3.05, 3.63) is 102 Å². The van der Waals surface area contributed by atoms with E-state index in [0.717, 1.165) is 24.4 Å². The number of benzene rings is 1. The summed E-state index contributed by atoms with van der Waals surface area (Å²) >= 11 is 0. The molecule has 1 amide bonds. The zero-order chi connectivity index (χ0) is 27.6. The van der Waals surface area contributed by atoms with E-state index in [-0.39, 0.29) is 11.3 Å². The van der Waals surface area contributed by atoms with Crippen molar-refractivity contribution in [1.82, 2.24) is 24.6 Å². The number of carbonyl (C=O) groups excluding carboxylic acids is 1. The summed E-state index contributed by atoms with van der Waals surface area (Å²) in [6.45, 7) is 0. The van der Waals surface area contributed by atoms with Gasteiger partial charge >= 0.3 is 6.18 Å². The van der Waals surface area contributed by atoms with Crippen molar-refractivity contribution < 1.29 is 27.1 Å². The Balaban J connectivity index is 1.25. The first kappa shape index (κ1) is 25.8. The maximum atomic E-state index is 14.8. The van der Waals surface area contributed by atoms with E-state index < -0.39 is 35.8 Å². The normalized spacial score (nSPS) is 11.5. The number of amides is 1. The van der Waals surface area contributed by atoms with E-state index in [1.54, 1.807) is 29.2 Å². The summed E-state index contributed by atoms with van der Waals surface area (Å²) in [5.74, 6) is -1.40. The molecule has 8 nitrogen and oxygen atoms in total. The molecule has 1 N–H and O–H groups in total. The Labute approximate surface area is 219 Å². The summed E-state index contributed by atoms with van der Waals surface area (Å²) in [6.07, 6.45) is 3.18. The largest absolute Gasteiger partial charge is 0.481 e. The Bertz CT molecular complexity index is 1650. The van der Waals surface area contributed by atoms with Gasteiger partial charge in [0.05, 0.1) is 37.1 Å². The van der Waals surface area contributed by atoms with E-state index in [4.69, 9.17) is 0 Å². The van der Waals surface area contributed by atoms with Crippen molar-refractivity contribution >= 4 is 17.1 Å². The topological polar surface area (TPSA) is 94.3 Å². The fraction of sp³-hybridized carbons (Fsp3) is 0.148. The molecule has 0 saturated heterocycles. The number of ether oxygens (including phenoxy) is 1. The minimum Gasteiger partial charge on any atom is -0.481 e. The molecule has 0 radical (unpaired) electrons. The summed E-state index contributed by atoms with van der Waals surface area (Å²) in [5, 5.41) is 6.61. The molecule has 5 aromatic rings.